The molecule has 0 radical (unpaired) electrons. The van der Waals surface area contributed by atoms with Crippen molar-refractivity contribution in [2.75, 3.05) is 17.6 Å². The number of benzene rings is 1. The maximum atomic E-state index is 12.2. The highest BCUT2D eigenvalue weighted by Crippen LogP contribution is 2.21. The molecule has 1 aromatic carbocycles. The van der Waals surface area contributed by atoms with Gasteiger partial charge in [-0.25, -0.2) is 9.97 Å². The number of carbonyl (C=O) groups is 2. The van der Waals surface area contributed by atoms with E-state index in [4.69, 9.17) is 11.0 Å². The summed E-state index contributed by atoms with van der Waals surface area (Å²) in [4.78, 5) is 32.3. The molecule has 1 unspecified atom stereocenters. The van der Waals surface area contributed by atoms with Gasteiger partial charge in [-0.05, 0) is 31.9 Å². The minimum atomic E-state index is -0.537. The van der Waals surface area contributed by atoms with Gasteiger partial charge in [0.1, 0.15) is 17.5 Å². The van der Waals surface area contributed by atoms with Crippen LogP contribution in [0.25, 0.3) is 0 Å². The number of nitrogens with one attached hydrogen (secondary N) is 2. The van der Waals surface area contributed by atoms with Crippen molar-refractivity contribution >= 4 is 35.1 Å². The number of thioether (sulfide) groups is 1. The second-order valence-electron chi connectivity index (χ2n) is 5.86. The van der Waals surface area contributed by atoms with Crippen LogP contribution < -0.4 is 16.4 Å². The monoisotopic (exact) mass is 384 g/mol. The maximum Gasteiger partial charge on any atom is 0.243 e. The topological polar surface area (TPSA) is 134 Å². The predicted octanol–water partition coefficient (Wildman–Crippen LogP) is 1.78. The van der Waals surface area contributed by atoms with Crippen molar-refractivity contribution in [3.63, 3.8) is 0 Å². The van der Waals surface area contributed by atoms with Crippen molar-refractivity contribution in [2.45, 2.75) is 31.2 Å². The van der Waals surface area contributed by atoms with Crippen LogP contribution >= 0.6 is 11.8 Å². The minimum absolute atomic E-state index is 0.0654. The SMILES string of the molecule is Cc1cccc(C)c1NC(=O)CNC(=O)C(C)Sc1ncc(C#N)c(N)n1. The van der Waals surface area contributed by atoms with Gasteiger partial charge in [0.05, 0.1) is 18.0 Å². The number of carbonyl (C=O) groups excluding carboxylic acids is 2. The molecule has 27 heavy (non-hydrogen) atoms. The molecule has 2 amide bonds. The van der Waals surface area contributed by atoms with E-state index in [0.29, 0.717) is 0 Å². The van der Waals surface area contributed by atoms with Crippen LogP contribution in [0.2, 0.25) is 0 Å². The molecule has 8 nitrogen and oxygen atoms in total. The predicted molar refractivity (Wildman–Crippen MR) is 104 cm³/mol. The van der Waals surface area contributed by atoms with E-state index in [1.807, 2.05) is 38.1 Å². The fourth-order valence-electron chi connectivity index (χ4n) is 2.24. The highest BCUT2D eigenvalue weighted by Gasteiger charge is 2.18. The fraction of sp³-hybridized carbons (Fsp3) is 0.278. The molecule has 0 saturated heterocycles. The number of nitriles is 1. The molecule has 140 valence electrons. The van der Waals surface area contributed by atoms with Crippen molar-refractivity contribution in [3.8, 4) is 6.07 Å². The zero-order valence-electron chi connectivity index (χ0n) is 15.2. The van der Waals surface area contributed by atoms with Crippen molar-refractivity contribution < 1.29 is 9.59 Å². The molecule has 0 aliphatic heterocycles. The molecule has 0 saturated carbocycles. The third-order valence-electron chi connectivity index (χ3n) is 3.74. The van der Waals surface area contributed by atoms with Gasteiger partial charge in [0.15, 0.2) is 5.16 Å². The Morgan fingerprint density at radius 3 is 2.59 bits per heavy atom. The lowest BCUT2D eigenvalue weighted by Crippen LogP contribution is -2.37. The maximum absolute atomic E-state index is 12.2. The summed E-state index contributed by atoms with van der Waals surface area (Å²) in [6, 6.07) is 7.60. The number of aromatic nitrogens is 2. The van der Waals surface area contributed by atoms with Crippen LogP contribution in [-0.2, 0) is 9.59 Å². The van der Waals surface area contributed by atoms with E-state index in [9.17, 15) is 9.59 Å². The van der Waals surface area contributed by atoms with Gasteiger partial charge in [-0.2, -0.15) is 5.26 Å². The first-order chi connectivity index (χ1) is 12.8. The lowest BCUT2D eigenvalue weighted by Gasteiger charge is -2.13. The summed E-state index contributed by atoms with van der Waals surface area (Å²) in [5.74, 6) is -0.574. The van der Waals surface area contributed by atoms with E-state index in [2.05, 4.69) is 20.6 Å². The Hall–Kier alpha value is -3.12. The average molecular weight is 384 g/mol. The summed E-state index contributed by atoms with van der Waals surface area (Å²) < 4.78 is 0. The van der Waals surface area contributed by atoms with Crippen LogP contribution in [0, 0.1) is 25.2 Å². The Labute approximate surface area is 161 Å². The average Bonchev–Trinajstić information content (AvgIpc) is 2.63. The number of para-hydroxylation sites is 1. The molecule has 2 aromatic rings. The molecule has 0 fully saturated rings. The highest BCUT2D eigenvalue weighted by molar-refractivity contribution is 8.00. The van der Waals surface area contributed by atoms with Crippen LogP contribution in [0.3, 0.4) is 0 Å². The number of rotatable bonds is 6. The van der Waals surface area contributed by atoms with E-state index in [-0.39, 0.29) is 34.9 Å². The van der Waals surface area contributed by atoms with Crippen molar-refractivity contribution in [1.29, 1.82) is 5.26 Å². The normalized spacial score (nSPS) is 11.3. The quantitative estimate of drug-likeness (QED) is 0.510. The summed E-state index contributed by atoms with van der Waals surface area (Å²) in [7, 11) is 0. The second-order valence-corrected chi connectivity index (χ2v) is 7.16. The van der Waals surface area contributed by atoms with Gasteiger partial charge in [-0.3, -0.25) is 9.59 Å². The van der Waals surface area contributed by atoms with Gasteiger partial charge in [-0.1, -0.05) is 30.0 Å². The van der Waals surface area contributed by atoms with Crippen LogP contribution in [0.15, 0.2) is 29.6 Å². The van der Waals surface area contributed by atoms with Crippen molar-refractivity contribution in [2.24, 2.45) is 0 Å². The molecular formula is C18H20N6O2S. The zero-order valence-corrected chi connectivity index (χ0v) is 16.1. The van der Waals surface area contributed by atoms with E-state index in [0.717, 1.165) is 28.6 Å². The third kappa shape index (κ3) is 5.43. The number of nitrogen functional groups attached to an aromatic ring is 1. The first-order valence-electron chi connectivity index (χ1n) is 8.15. The third-order valence-corrected chi connectivity index (χ3v) is 4.71. The first-order valence-corrected chi connectivity index (χ1v) is 9.02. The number of nitrogens with two attached hydrogens (primary N) is 1. The van der Waals surface area contributed by atoms with Crippen molar-refractivity contribution in [3.05, 3.63) is 41.1 Å². The second kappa shape index (κ2) is 9.00. The minimum Gasteiger partial charge on any atom is -0.382 e. The number of hydrogen-bond donors (Lipinski definition) is 3. The van der Waals surface area contributed by atoms with Crippen LogP contribution in [-0.4, -0.2) is 33.6 Å². The number of nitrogens with zero attached hydrogens (tertiary/aromatic N) is 3. The molecule has 4 N–H and O–H groups in total. The molecular weight excluding hydrogens is 364 g/mol. The van der Waals surface area contributed by atoms with Gasteiger partial charge >= 0.3 is 0 Å². The summed E-state index contributed by atoms with van der Waals surface area (Å²) in [6.45, 7) is 5.33. The fourth-order valence-corrected chi connectivity index (χ4v) is 3.01. The number of hydrogen-bond acceptors (Lipinski definition) is 7. The molecule has 9 heteroatoms. The Bertz CT molecular complexity index is 889. The van der Waals surface area contributed by atoms with Crippen LogP contribution in [0.4, 0.5) is 11.5 Å². The number of amides is 2. The van der Waals surface area contributed by atoms with Crippen LogP contribution in [0.1, 0.15) is 23.6 Å². The number of anilines is 2. The van der Waals surface area contributed by atoms with E-state index >= 15 is 0 Å². The lowest BCUT2D eigenvalue weighted by molar-refractivity contribution is -0.123. The molecule has 1 aromatic heterocycles. The van der Waals surface area contributed by atoms with Gasteiger partial charge in [-0.15, -0.1) is 0 Å². The molecule has 1 heterocycles. The molecule has 0 aliphatic carbocycles. The number of aryl methyl sites for hydroxylation is 2. The summed E-state index contributed by atoms with van der Waals surface area (Å²) in [6.07, 6.45) is 1.31. The van der Waals surface area contributed by atoms with E-state index < -0.39 is 5.25 Å². The summed E-state index contributed by atoms with van der Waals surface area (Å²) >= 11 is 1.09. The largest absolute Gasteiger partial charge is 0.382 e. The van der Waals surface area contributed by atoms with Crippen LogP contribution in [0.5, 0.6) is 0 Å². The van der Waals surface area contributed by atoms with E-state index in [1.165, 1.54) is 6.20 Å². The Morgan fingerprint density at radius 2 is 2.00 bits per heavy atom. The molecule has 0 spiro atoms. The Balaban J connectivity index is 1.88. The summed E-state index contributed by atoms with van der Waals surface area (Å²) in [5, 5.41) is 14.0. The summed E-state index contributed by atoms with van der Waals surface area (Å²) in [5.41, 5.74) is 8.48. The zero-order chi connectivity index (χ0) is 20.0. The van der Waals surface area contributed by atoms with Crippen molar-refractivity contribution in [1.82, 2.24) is 15.3 Å². The van der Waals surface area contributed by atoms with Gasteiger partial charge < -0.3 is 16.4 Å². The smallest absolute Gasteiger partial charge is 0.243 e. The van der Waals surface area contributed by atoms with Gasteiger partial charge in [0.25, 0.3) is 0 Å². The Morgan fingerprint density at radius 1 is 1.33 bits per heavy atom. The Kier molecular flexibility index (Phi) is 6.73. The first kappa shape index (κ1) is 20.2. The molecule has 0 aliphatic rings. The molecule has 2 rings (SSSR count). The van der Waals surface area contributed by atoms with E-state index in [1.54, 1.807) is 6.92 Å². The van der Waals surface area contributed by atoms with Gasteiger partial charge in [0, 0.05) is 5.69 Å². The lowest BCUT2D eigenvalue weighted by atomic mass is 10.1. The molecule has 0 bridgehead atoms. The molecule has 1 atom stereocenters. The van der Waals surface area contributed by atoms with Gasteiger partial charge in [0.2, 0.25) is 11.8 Å². The standard InChI is InChI=1S/C18H20N6O2S/c1-10-5-4-6-11(2)15(10)23-14(25)9-21-17(26)12(3)27-18-22-8-13(7-19)16(20)24-18/h4-6,8,12H,9H2,1-3H3,(H,21,26)(H,23,25)(H2,20,22,24). The highest BCUT2D eigenvalue weighted by atomic mass is 32.2.